The molecule has 0 aliphatic rings. The molecule has 0 aliphatic heterocycles. The number of hydrogen-bond acceptors (Lipinski definition) is 8. The molecule has 1 aromatic heterocycles. The lowest BCUT2D eigenvalue weighted by Gasteiger charge is -2.07. The second-order valence-electron chi connectivity index (χ2n) is 5.85. The monoisotopic (exact) mass is 384 g/mol. The van der Waals surface area contributed by atoms with E-state index in [9.17, 15) is 4.79 Å². The molecule has 8 nitrogen and oxygen atoms in total. The zero-order valence-electron chi connectivity index (χ0n) is 15.8. The summed E-state index contributed by atoms with van der Waals surface area (Å²) in [5.74, 6) is 1.73. The van der Waals surface area contributed by atoms with Gasteiger partial charge in [0, 0.05) is 5.56 Å². The summed E-state index contributed by atoms with van der Waals surface area (Å²) in [6, 6.07) is 12.6. The Morgan fingerprint density at radius 3 is 2.64 bits per heavy atom. The number of ether oxygens (including phenoxy) is 4. The minimum Gasteiger partial charge on any atom is -0.493 e. The molecule has 3 aromatic rings. The number of carbonyl (C=O) groups is 1. The summed E-state index contributed by atoms with van der Waals surface area (Å²) in [5.41, 5.74) is 1.72. The Bertz CT molecular complexity index is 953. The van der Waals surface area contributed by atoms with Crippen molar-refractivity contribution in [1.29, 1.82) is 0 Å². The van der Waals surface area contributed by atoms with E-state index >= 15 is 0 Å². The van der Waals surface area contributed by atoms with E-state index in [1.807, 2.05) is 25.1 Å². The van der Waals surface area contributed by atoms with Gasteiger partial charge in [0.1, 0.15) is 5.75 Å². The summed E-state index contributed by atoms with van der Waals surface area (Å²) < 4.78 is 26.1. The summed E-state index contributed by atoms with van der Waals surface area (Å²) in [7, 11) is 3.10. The molecule has 0 saturated carbocycles. The molecule has 0 fully saturated rings. The summed E-state index contributed by atoms with van der Waals surface area (Å²) >= 11 is 0. The third kappa shape index (κ3) is 4.79. The molecule has 146 valence electrons. The lowest BCUT2D eigenvalue weighted by molar-refractivity contribution is -0.148. The Hall–Kier alpha value is -3.55. The highest BCUT2D eigenvalue weighted by Crippen LogP contribution is 2.31. The van der Waals surface area contributed by atoms with Crippen LogP contribution in [0.4, 0.5) is 0 Å². The average Bonchev–Trinajstić information content (AvgIpc) is 3.19. The molecular formula is C20H20N2O6. The summed E-state index contributed by atoms with van der Waals surface area (Å²) in [6.07, 6.45) is 0. The van der Waals surface area contributed by atoms with Gasteiger partial charge in [0.25, 0.3) is 5.89 Å². The maximum absolute atomic E-state index is 11.8. The van der Waals surface area contributed by atoms with Crippen molar-refractivity contribution in [2.45, 2.75) is 13.5 Å². The van der Waals surface area contributed by atoms with E-state index in [0.29, 0.717) is 28.6 Å². The number of aromatic nitrogens is 2. The van der Waals surface area contributed by atoms with Crippen LogP contribution in [0.2, 0.25) is 0 Å². The van der Waals surface area contributed by atoms with Crippen LogP contribution in [-0.4, -0.2) is 36.9 Å². The summed E-state index contributed by atoms with van der Waals surface area (Å²) in [6.45, 7) is 1.59. The Kier molecular flexibility index (Phi) is 6.11. The number of aryl methyl sites for hydroxylation is 1. The molecule has 8 heteroatoms. The van der Waals surface area contributed by atoms with Crippen LogP contribution >= 0.6 is 0 Å². The van der Waals surface area contributed by atoms with E-state index in [0.717, 1.165) is 5.56 Å². The van der Waals surface area contributed by atoms with Crippen molar-refractivity contribution >= 4 is 5.97 Å². The highest BCUT2D eigenvalue weighted by molar-refractivity contribution is 5.71. The second-order valence-corrected chi connectivity index (χ2v) is 5.85. The number of carbonyl (C=O) groups excluding carboxylic acids is 1. The Morgan fingerprint density at radius 2 is 1.89 bits per heavy atom. The number of benzene rings is 2. The molecule has 0 atom stereocenters. The predicted molar refractivity (Wildman–Crippen MR) is 99.3 cm³/mol. The molecule has 2 aromatic carbocycles. The first kappa shape index (κ1) is 19.2. The lowest BCUT2D eigenvalue weighted by atomic mass is 10.2. The van der Waals surface area contributed by atoms with Crippen molar-refractivity contribution in [3.8, 4) is 28.6 Å². The normalized spacial score (nSPS) is 10.4. The summed E-state index contributed by atoms with van der Waals surface area (Å²) in [4.78, 5) is 16.1. The smallest absolute Gasteiger partial charge is 0.344 e. The fourth-order valence-electron chi connectivity index (χ4n) is 2.44. The van der Waals surface area contributed by atoms with Crippen LogP contribution in [0.15, 0.2) is 47.0 Å². The van der Waals surface area contributed by atoms with Gasteiger partial charge >= 0.3 is 5.97 Å². The van der Waals surface area contributed by atoms with Gasteiger partial charge in [0.2, 0.25) is 5.82 Å². The van der Waals surface area contributed by atoms with E-state index in [1.165, 1.54) is 0 Å². The van der Waals surface area contributed by atoms with E-state index in [-0.39, 0.29) is 19.1 Å². The molecular weight excluding hydrogens is 364 g/mol. The van der Waals surface area contributed by atoms with Crippen LogP contribution in [0.25, 0.3) is 11.4 Å². The van der Waals surface area contributed by atoms with Crippen molar-refractivity contribution in [3.05, 3.63) is 53.9 Å². The molecule has 3 rings (SSSR count). The molecule has 0 bridgehead atoms. The number of esters is 1. The predicted octanol–water partition coefficient (Wildman–Crippen LogP) is 3.18. The minimum absolute atomic E-state index is 0.143. The SMILES string of the molecule is COc1ccc(-c2noc(COC(=O)COc3cccc(C)c3)n2)cc1OC. The molecule has 0 N–H and O–H groups in total. The van der Waals surface area contributed by atoms with Gasteiger partial charge in [0.05, 0.1) is 14.2 Å². The molecule has 0 unspecified atom stereocenters. The highest BCUT2D eigenvalue weighted by Gasteiger charge is 2.14. The first-order valence-electron chi connectivity index (χ1n) is 8.49. The molecule has 0 saturated heterocycles. The standard InChI is InChI=1S/C20H20N2O6/c1-13-5-4-6-15(9-13)26-12-19(23)27-11-18-21-20(22-28-18)14-7-8-16(24-2)17(10-14)25-3/h4-10H,11-12H2,1-3H3. The number of rotatable bonds is 8. The van der Waals surface area contributed by atoms with Crippen molar-refractivity contribution in [2.24, 2.45) is 0 Å². The third-order valence-electron chi connectivity index (χ3n) is 3.81. The van der Waals surface area contributed by atoms with Crippen molar-refractivity contribution in [3.63, 3.8) is 0 Å². The van der Waals surface area contributed by atoms with Crippen LogP contribution in [0.5, 0.6) is 17.2 Å². The fraction of sp³-hybridized carbons (Fsp3) is 0.250. The average molecular weight is 384 g/mol. The van der Waals surface area contributed by atoms with Gasteiger partial charge in [0.15, 0.2) is 24.7 Å². The number of hydrogen-bond donors (Lipinski definition) is 0. The Morgan fingerprint density at radius 1 is 1.07 bits per heavy atom. The molecule has 0 spiro atoms. The largest absolute Gasteiger partial charge is 0.493 e. The topological polar surface area (TPSA) is 92.9 Å². The minimum atomic E-state index is -0.535. The van der Waals surface area contributed by atoms with Gasteiger partial charge in [-0.3, -0.25) is 0 Å². The van der Waals surface area contributed by atoms with Crippen molar-refractivity contribution in [1.82, 2.24) is 10.1 Å². The van der Waals surface area contributed by atoms with E-state index in [4.69, 9.17) is 23.5 Å². The first-order chi connectivity index (χ1) is 13.6. The maximum atomic E-state index is 11.8. The van der Waals surface area contributed by atoms with Crippen LogP contribution in [0.3, 0.4) is 0 Å². The highest BCUT2D eigenvalue weighted by atomic mass is 16.6. The van der Waals surface area contributed by atoms with Crippen molar-refractivity contribution in [2.75, 3.05) is 20.8 Å². The number of nitrogens with zero attached hydrogens (tertiary/aromatic N) is 2. The molecule has 0 amide bonds. The van der Waals surface area contributed by atoms with Gasteiger partial charge in [-0.2, -0.15) is 4.98 Å². The summed E-state index contributed by atoms with van der Waals surface area (Å²) in [5, 5.41) is 3.89. The van der Waals surface area contributed by atoms with Gasteiger partial charge in [-0.15, -0.1) is 0 Å². The number of methoxy groups -OCH3 is 2. The molecule has 1 heterocycles. The molecule has 28 heavy (non-hydrogen) atoms. The van der Waals surface area contributed by atoms with Crippen LogP contribution in [0.1, 0.15) is 11.5 Å². The van der Waals surface area contributed by atoms with Crippen LogP contribution in [-0.2, 0) is 16.1 Å². The van der Waals surface area contributed by atoms with E-state index in [2.05, 4.69) is 10.1 Å². The van der Waals surface area contributed by atoms with E-state index < -0.39 is 5.97 Å². The fourth-order valence-corrected chi connectivity index (χ4v) is 2.44. The zero-order valence-corrected chi connectivity index (χ0v) is 15.8. The lowest BCUT2D eigenvalue weighted by Crippen LogP contribution is -2.14. The van der Waals surface area contributed by atoms with Gasteiger partial charge in [-0.1, -0.05) is 17.3 Å². The third-order valence-corrected chi connectivity index (χ3v) is 3.81. The van der Waals surface area contributed by atoms with Crippen LogP contribution in [0, 0.1) is 6.92 Å². The Balaban J connectivity index is 1.55. The Labute approximate surface area is 162 Å². The van der Waals surface area contributed by atoms with Crippen LogP contribution < -0.4 is 14.2 Å². The van der Waals surface area contributed by atoms with Gasteiger partial charge in [-0.05, 0) is 42.8 Å². The molecule has 0 radical (unpaired) electrons. The van der Waals surface area contributed by atoms with Crippen molar-refractivity contribution < 1.29 is 28.3 Å². The quantitative estimate of drug-likeness (QED) is 0.547. The second kappa shape index (κ2) is 8.90. The van der Waals surface area contributed by atoms with Gasteiger partial charge in [-0.25, -0.2) is 4.79 Å². The van der Waals surface area contributed by atoms with Gasteiger partial charge < -0.3 is 23.5 Å². The first-order valence-corrected chi connectivity index (χ1v) is 8.49. The maximum Gasteiger partial charge on any atom is 0.344 e. The zero-order chi connectivity index (χ0) is 19.9. The van der Waals surface area contributed by atoms with E-state index in [1.54, 1.807) is 38.5 Å². The molecule has 0 aliphatic carbocycles.